The summed E-state index contributed by atoms with van der Waals surface area (Å²) >= 11 is 6.13. The number of rotatable bonds is 4. The second-order valence-electron chi connectivity index (χ2n) is 4.41. The Bertz CT molecular complexity index is 618. The molecule has 0 unspecified atom stereocenters. The van der Waals surface area contributed by atoms with Crippen molar-refractivity contribution in [3.05, 3.63) is 45.7 Å². The van der Waals surface area contributed by atoms with Crippen LogP contribution < -0.4 is 10.1 Å². The van der Waals surface area contributed by atoms with Crippen LogP contribution in [-0.4, -0.2) is 23.2 Å². The third-order valence-electron chi connectivity index (χ3n) is 3.08. The highest BCUT2D eigenvalue weighted by molar-refractivity contribution is 6.31. The largest absolute Gasteiger partial charge is 0.496 e. The molecule has 0 radical (unpaired) electrons. The molecule has 0 saturated carbocycles. The minimum atomic E-state index is -0.185. The molecule has 0 spiro atoms. The van der Waals surface area contributed by atoms with Crippen LogP contribution in [0.1, 0.15) is 27.3 Å². The molecule has 0 aliphatic heterocycles. The summed E-state index contributed by atoms with van der Waals surface area (Å²) in [4.78, 5) is 12.2. The molecule has 20 heavy (non-hydrogen) atoms. The van der Waals surface area contributed by atoms with Crippen molar-refractivity contribution in [2.24, 2.45) is 0 Å². The third kappa shape index (κ3) is 2.77. The van der Waals surface area contributed by atoms with E-state index in [0.29, 0.717) is 28.6 Å². The number of benzene rings is 1. The maximum Gasteiger partial charge on any atom is 0.255 e. The molecule has 0 aliphatic carbocycles. The zero-order chi connectivity index (χ0) is 14.7. The summed E-state index contributed by atoms with van der Waals surface area (Å²) in [6, 6.07) is 5.37. The van der Waals surface area contributed by atoms with E-state index in [-0.39, 0.29) is 5.91 Å². The minimum Gasteiger partial charge on any atom is -0.496 e. The molecule has 0 atom stereocenters. The molecule has 5 nitrogen and oxygen atoms in total. The molecular weight excluding hydrogens is 278 g/mol. The lowest BCUT2D eigenvalue weighted by Gasteiger charge is -2.11. The topological polar surface area (TPSA) is 67.0 Å². The van der Waals surface area contributed by atoms with E-state index in [1.54, 1.807) is 26.2 Å². The number of carbonyl (C=O) groups is 1. The SMILES string of the molecule is COc1cccc(Cl)c1CNC(=O)c1c(C)n[nH]c1C. The van der Waals surface area contributed by atoms with Crippen molar-refractivity contribution in [1.29, 1.82) is 0 Å². The van der Waals surface area contributed by atoms with Gasteiger partial charge in [0.25, 0.3) is 5.91 Å². The number of hydrogen-bond donors (Lipinski definition) is 2. The van der Waals surface area contributed by atoms with Crippen LogP contribution in [0.5, 0.6) is 5.75 Å². The molecule has 106 valence electrons. The van der Waals surface area contributed by atoms with Gasteiger partial charge in [-0.05, 0) is 26.0 Å². The fraction of sp³-hybridized carbons (Fsp3) is 0.286. The van der Waals surface area contributed by atoms with Gasteiger partial charge in [-0.25, -0.2) is 0 Å². The first kappa shape index (κ1) is 14.4. The van der Waals surface area contributed by atoms with Crippen LogP contribution in [-0.2, 0) is 6.54 Å². The van der Waals surface area contributed by atoms with E-state index in [2.05, 4.69) is 15.5 Å². The first-order chi connectivity index (χ1) is 9.54. The number of hydrogen-bond acceptors (Lipinski definition) is 3. The smallest absolute Gasteiger partial charge is 0.255 e. The number of amides is 1. The molecule has 1 amide bonds. The quantitative estimate of drug-likeness (QED) is 0.910. The average Bonchev–Trinajstić information content (AvgIpc) is 2.76. The van der Waals surface area contributed by atoms with E-state index in [4.69, 9.17) is 16.3 Å². The van der Waals surface area contributed by atoms with Crippen LogP contribution in [0.3, 0.4) is 0 Å². The summed E-state index contributed by atoms with van der Waals surface area (Å²) in [6.07, 6.45) is 0. The maximum atomic E-state index is 12.2. The fourth-order valence-electron chi connectivity index (χ4n) is 2.04. The normalized spacial score (nSPS) is 10.4. The molecular formula is C14H16ClN3O2. The molecule has 1 aromatic heterocycles. The lowest BCUT2D eigenvalue weighted by atomic mass is 10.1. The van der Waals surface area contributed by atoms with E-state index in [0.717, 1.165) is 11.3 Å². The van der Waals surface area contributed by atoms with Gasteiger partial charge in [0.1, 0.15) is 5.75 Å². The van der Waals surface area contributed by atoms with Crippen molar-refractivity contribution in [1.82, 2.24) is 15.5 Å². The van der Waals surface area contributed by atoms with Crippen molar-refractivity contribution < 1.29 is 9.53 Å². The van der Waals surface area contributed by atoms with Gasteiger partial charge in [0.05, 0.1) is 18.4 Å². The second kappa shape index (κ2) is 5.96. The number of aryl methyl sites for hydroxylation is 2. The minimum absolute atomic E-state index is 0.185. The van der Waals surface area contributed by atoms with Gasteiger partial charge in [-0.2, -0.15) is 5.10 Å². The van der Waals surface area contributed by atoms with E-state index in [1.807, 2.05) is 13.0 Å². The summed E-state index contributed by atoms with van der Waals surface area (Å²) in [6.45, 7) is 3.89. The van der Waals surface area contributed by atoms with Crippen LogP contribution in [0.15, 0.2) is 18.2 Å². The van der Waals surface area contributed by atoms with Gasteiger partial charge in [-0.3, -0.25) is 9.89 Å². The number of nitrogens with zero attached hydrogens (tertiary/aromatic N) is 1. The van der Waals surface area contributed by atoms with Gasteiger partial charge in [-0.1, -0.05) is 17.7 Å². The van der Waals surface area contributed by atoms with E-state index >= 15 is 0 Å². The lowest BCUT2D eigenvalue weighted by molar-refractivity contribution is 0.0949. The van der Waals surface area contributed by atoms with Crippen LogP contribution in [0.2, 0.25) is 5.02 Å². The highest BCUT2D eigenvalue weighted by Gasteiger charge is 2.16. The van der Waals surface area contributed by atoms with Crippen LogP contribution in [0.25, 0.3) is 0 Å². The number of methoxy groups -OCH3 is 1. The van der Waals surface area contributed by atoms with Crippen molar-refractivity contribution in [2.45, 2.75) is 20.4 Å². The monoisotopic (exact) mass is 293 g/mol. The lowest BCUT2D eigenvalue weighted by Crippen LogP contribution is -2.24. The van der Waals surface area contributed by atoms with Crippen molar-refractivity contribution in [3.8, 4) is 5.75 Å². The Morgan fingerprint density at radius 3 is 2.80 bits per heavy atom. The molecule has 0 saturated heterocycles. The van der Waals surface area contributed by atoms with Crippen molar-refractivity contribution in [2.75, 3.05) is 7.11 Å². The zero-order valence-electron chi connectivity index (χ0n) is 11.6. The van der Waals surface area contributed by atoms with Gasteiger partial charge in [0, 0.05) is 22.8 Å². The molecule has 2 aromatic rings. The van der Waals surface area contributed by atoms with Crippen molar-refractivity contribution in [3.63, 3.8) is 0 Å². The third-order valence-corrected chi connectivity index (χ3v) is 3.43. The molecule has 0 bridgehead atoms. The molecule has 1 aromatic carbocycles. The van der Waals surface area contributed by atoms with Gasteiger partial charge in [-0.15, -0.1) is 0 Å². The summed E-state index contributed by atoms with van der Waals surface area (Å²) < 4.78 is 5.24. The predicted octanol–water partition coefficient (Wildman–Crippen LogP) is 2.62. The van der Waals surface area contributed by atoms with Gasteiger partial charge < -0.3 is 10.1 Å². The van der Waals surface area contributed by atoms with E-state index in [9.17, 15) is 4.79 Å². The predicted molar refractivity (Wildman–Crippen MR) is 77.2 cm³/mol. The molecule has 1 heterocycles. The van der Waals surface area contributed by atoms with Crippen molar-refractivity contribution >= 4 is 17.5 Å². The second-order valence-corrected chi connectivity index (χ2v) is 4.82. The number of halogens is 1. The number of nitrogens with one attached hydrogen (secondary N) is 2. The Labute approximate surface area is 122 Å². The summed E-state index contributed by atoms with van der Waals surface area (Å²) in [5, 5.41) is 10.2. The van der Waals surface area contributed by atoms with E-state index < -0.39 is 0 Å². The average molecular weight is 294 g/mol. The number of carbonyl (C=O) groups excluding carboxylic acids is 1. The highest BCUT2D eigenvalue weighted by atomic mass is 35.5. The number of ether oxygens (including phenoxy) is 1. The Morgan fingerprint density at radius 1 is 1.45 bits per heavy atom. The molecule has 2 N–H and O–H groups in total. The standard InChI is InChI=1S/C14H16ClN3O2/c1-8-13(9(2)18-17-8)14(19)16-7-10-11(15)5-4-6-12(10)20-3/h4-6H,7H2,1-3H3,(H,16,19)(H,17,18). The first-order valence-corrected chi connectivity index (χ1v) is 6.53. The molecule has 0 fully saturated rings. The van der Waals surface area contributed by atoms with Gasteiger partial charge in [0.2, 0.25) is 0 Å². The summed E-state index contributed by atoms with van der Waals surface area (Å²) in [7, 11) is 1.57. The maximum absolute atomic E-state index is 12.2. The van der Waals surface area contributed by atoms with Crippen LogP contribution in [0.4, 0.5) is 0 Å². The highest BCUT2D eigenvalue weighted by Crippen LogP contribution is 2.26. The zero-order valence-corrected chi connectivity index (χ0v) is 12.3. The van der Waals surface area contributed by atoms with Crippen LogP contribution in [0, 0.1) is 13.8 Å². The first-order valence-electron chi connectivity index (χ1n) is 6.15. The molecule has 6 heteroatoms. The summed E-state index contributed by atoms with van der Waals surface area (Å²) in [5.74, 6) is 0.467. The Balaban J connectivity index is 2.16. The number of aromatic nitrogens is 2. The van der Waals surface area contributed by atoms with Gasteiger partial charge >= 0.3 is 0 Å². The molecule has 2 rings (SSSR count). The summed E-state index contributed by atoms with van der Waals surface area (Å²) in [5.41, 5.74) is 2.73. The Hall–Kier alpha value is -2.01. The molecule has 0 aliphatic rings. The Morgan fingerprint density at radius 2 is 2.20 bits per heavy atom. The van der Waals surface area contributed by atoms with Crippen LogP contribution >= 0.6 is 11.6 Å². The van der Waals surface area contributed by atoms with E-state index in [1.165, 1.54) is 0 Å². The number of aromatic amines is 1. The Kier molecular flexibility index (Phi) is 4.29. The fourth-order valence-corrected chi connectivity index (χ4v) is 2.28. The number of H-pyrrole nitrogens is 1. The van der Waals surface area contributed by atoms with Gasteiger partial charge in [0.15, 0.2) is 0 Å².